The van der Waals surface area contributed by atoms with Crippen LogP contribution in [0.2, 0.25) is 0 Å². The van der Waals surface area contributed by atoms with Gasteiger partial charge in [-0.05, 0) is 36.2 Å². The van der Waals surface area contributed by atoms with E-state index in [1.807, 2.05) is 0 Å². The summed E-state index contributed by atoms with van der Waals surface area (Å²) in [6.45, 7) is 3.06. The number of benzene rings is 2. The summed E-state index contributed by atoms with van der Waals surface area (Å²) in [4.78, 5) is 23.2. The number of aryl methyl sites for hydroxylation is 1. The van der Waals surface area contributed by atoms with Crippen LogP contribution in [0, 0.1) is 17.0 Å². The van der Waals surface area contributed by atoms with Crippen molar-refractivity contribution in [1.82, 2.24) is 4.31 Å². The molecule has 1 aliphatic heterocycles. The predicted molar refractivity (Wildman–Crippen MR) is 125 cm³/mol. The van der Waals surface area contributed by atoms with Gasteiger partial charge in [-0.1, -0.05) is 12.1 Å². The van der Waals surface area contributed by atoms with Gasteiger partial charge in [0.2, 0.25) is 15.9 Å². The summed E-state index contributed by atoms with van der Waals surface area (Å²) in [6, 6.07) is 9.32. The second-order valence-electron chi connectivity index (χ2n) is 7.30. The fraction of sp³-hybridized carbons (Fsp3) is 0.381. The Bertz CT molecular complexity index is 1130. The van der Waals surface area contributed by atoms with Crippen molar-refractivity contribution in [2.75, 3.05) is 44.5 Å². The highest BCUT2D eigenvalue weighted by Gasteiger charge is 2.27. The Morgan fingerprint density at radius 3 is 2.64 bits per heavy atom. The molecule has 3 rings (SSSR count). The highest BCUT2D eigenvalue weighted by molar-refractivity contribution is 7.99. The molecule has 1 N–H and O–H groups in total. The topological polar surface area (TPSA) is 128 Å². The Balaban J connectivity index is 1.62. The number of hydrogen-bond donors (Lipinski definition) is 1. The Morgan fingerprint density at radius 2 is 1.97 bits per heavy atom. The number of anilines is 1. The van der Waals surface area contributed by atoms with Crippen molar-refractivity contribution in [3.63, 3.8) is 0 Å². The molecule has 1 heterocycles. The zero-order valence-corrected chi connectivity index (χ0v) is 19.9. The first kappa shape index (κ1) is 25.0. The monoisotopic (exact) mass is 495 g/mol. The third-order valence-corrected chi connectivity index (χ3v) is 7.93. The molecule has 1 fully saturated rings. The third kappa shape index (κ3) is 6.22. The number of carbonyl (C=O) groups is 1. The smallest absolute Gasteiger partial charge is 0.311 e. The maximum atomic E-state index is 12.9. The van der Waals surface area contributed by atoms with Gasteiger partial charge in [-0.15, -0.1) is 11.8 Å². The van der Waals surface area contributed by atoms with Crippen LogP contribution in [-0.2, 0) is 25.3 Å². The van der Waals surface area contributed by atoms with E-state index in [2.05, 4.69) is 5.32 Å². The van der Waals surface area contributed by atoms with Gasteiger partial charge in [-0.2, -0.15) is 4.31 Å². The number of nitrogens with one attached hydrogen (secondary N) is 1. The molecule has 0 unspecified atom stereocenters. The Morgan fingerprint density at radius 1 is 1.24 bits per heavy atom. The lowest BCUT2D eigenvalue weighted by Crippen LogP contribution is -2.40. The molecule has 0 radical (unpaired) electrons. The molecular weight excluding hydrogens is 470 g/mol. The zero-order valence-electron chi connectivity index (χ0n) is 18.3. The van der Waals surface area contributed by atoms with Gasteiger partial charge in [-0.25, -0.2) is 8.42 Å². The predicted octanol–water partition coefficient (Wildman–Crippen LogP) is 2.80. The number of ether oxygens (including phenoxy) is 2. The number of thioether (sulfide) groups is 1. The van der Waals surface area contributed by atoms with Crippen LogP contribution in [0.5, 0.6) is 5.75 Å². The van der Waals surface area contributed by atoms with Gasteiger partial charge in [-0.3, -0.25) is 14.9 Å². The van der Waals surface area contributed by atoms with E-state index in [0.29, 0.717) is 30.2 Å². The van der Waals surface area contributed by atoms with E-state index >= 15 is 0 Å². The minimum absolute atomic E-state index is 0.0969. The maximum absolute atomic E-state index is 12.9. The second kappa shape index (κ2) is 11.0. The van der Waals surface area contributed by atoms with E-state index in [1.165, 1.54) is 47.4 Å². The summed E-state index contributed by atoms with van der Waals surface area (Å²) < 4.78 is 37.3. The number of carbonyl (C=O) groups excluding carboxylic acids is 1. The van der Waals surface area contributed by atoms with Crippen LogP contribution in [0.3, 0.4) is 0 Å². The van der Waals surface area contributed by atoms with Crippen LogP contribution in [0.25, 0.3) is 0 Å². The summed E-state index contributed by atoms with van der Waals surface area (Å²) in [5.74, 6) is 0.364. The number of morpholine rings is 1. The molecule has 12 heteroatoms. The van der Waals surface area contributed by atoms with Crippen LogP contribution in [-0.4, -0.2) is 62.7 Å². The van der Waals surface area contributed by atoms with Crippen molar-refractivity contribution in [2.45, 2.75) is 17.6 Å². The SMILES string of the molecule is COc1ccc(CSCC(=O)Nc2cc(S(=O)(=O)N3CCOCC3)ccc2C)cc1[N+](=O)[O-]. The minimum Gasteiger partial charge on any atom is -0.490 e. The summed E-state index contributed by atoms with van der Waals surface area (Å²) in [5, 5.41) is 13.9. The van der Waals surface area contributed by atoms with Gasteiger partial charge < -0.3 is 14.8 Å². The number of rotatable bonds is 9. The average Bonchev–Trinajstić information content (AvgIpc) is 2.80. The lowest BCUT2D eigenvalue weighted by molar-refractivity contribution is -0.385. The molecular formula is C21H25N3O7S2. The molecule has 33 heavy (non-hydrogen) atoms. The second-order valence-corrected chi connectivity index (χ2v) is 10.2. The van der Waals surface area contributed by atoms with Crippen LogP contribution < -0.4 is 10.1 Å². The van der Waals surface area contributed by atoms with E-state index in [-0.39, 0.29) is 41.1 Å². The molecule has 10 nitrogen and oxygen atoms in total. The molecule has 0 aromatic heterocycles. The highest BCUT2D eigenvalue weighted by atomic mass is 32.2. The molecule has 2 aromatic rings. The molecule has 1 amide bonds. The fourth-order valence-corrected chi connectivity index (χ4v) is 5.46. The Kier molecular flexibility index (Phi) is 8.30. The molecule has 0 saturated carbocycles. The van der Waals surface area contributed by atoms with Gasteiger partial charge in [0.15, 0.2) is 5.75 Å². The van der Waals surface area contributed by atoms with Gasteiger partial charge in [0.05, 0.1) is 35.9 Å². The first-order chi connectivity index (χ1) is 15.7. The van der Waals surface area contributed by atoms with E-state index < -0.39 is 14.9 Å². The number of sulfonamides is 1. The first-order valence-electron chi connectivity index (χ1n) is 10.1. The molecule has 2 aromatic carbocycles. The molecule has 1 saturated heterocycles. The average molecular weight is 496 g/mol. The molecule has 0 bridgehead atoms. The van der Waals surface area contributed by atoms with E-state index in [1.54, 1.807) is 19.1 Å². The summed E-state index contributed by atoms with van der Waals surface area (Å²) in [5.41, 5.74) is 1.72. The lowest BCUT2D eigenvalue weighted by atomic mass is 10.2. The van der Waals surface area contributed by atoms with Gasteiger partial charge >= 0.3 is 5.69 Å². The molecule has 0 aliphatic carbocycles. The number of nitro benzene ring substituents is 1. The molecule has 178 valence electrons. The summed E-state index contributed by atoms with van der Waals surface area (Å²) in [7, 11) is -2.31. The van der Waals surface area contributed by atoms with Crippen molar-refractivity contribution < 1.29 is 27.6 Å². The van der Waals surface area contributed by atoms with Gasteiger partial charge in [0, 0.05) is 30.6 Å². The van der Waals surface area contributed by atoms with Crippen molar-refractivity contribution in [2.24, 2.45) is 0 Å². The summed E-state index contributed by atoms with van der Waals surface area (Å²) >= 11 is 1.29. The van der Waals surface area contributed by atoms with Crippen LogP contribution in [0.4, 0.5) is 11.4 Å². The van der Waals surface area contributed by atoms with Crippen LogP contribution >= 0.6 is 11.8 Å². The van der Waals surface area contributed by atoms with Crippen LogP contribution in [0.15, 0.2) is 41.3 Å². The minimum atomic E-state index is -3.68. The number of amides is 1. The first-order valence-corrected chi connectivity index (χ1v) is 12.7. The highest BCUT2D eigenvalue weighted by Crippen LogP contribution is 2.29. The number of methoxy groups -OCH3 is 1. The van der Waals surface area contributed by atoms with Crippen molar-refractivity contribution in [1.29, 1.82) is 0 Å². The maximum Gasteiger partial charge on any atom is 0.311 e. The van der Waals surface area contributed by atoms with Crippen molar-refractivity contribution >= 4 is 39.1 Å². The Hall–Kier alpha value is -2.67. The van der Waals surface area contributed by atoms with E-state index in [9.17, 15) is 23.3 Å². The zero-order chi connectivity index (χ0) is 24.0. The normalized spacial score (nSPS) is 14.6. The number of nitrogens with zero attached hydrogens (tertiary/aromatic N) is 2. The van der Waals surface area contributed by atoms with Crippen molar-refractivity contribution in [3.8, 4) is 5.75 Å². The van der Waals surface area contributed by atoms with Crippen molar-refractivity contribution in [3.05, 3.63) is 57.6 Å². The molecule has 0 spiro atoms. The Labute approximate surface area is 196 Å². The van der Waals surface area contributed by atoms with E-state index in [4.69, 9.17) is 9.47 Å². The standard InChI is InChI=1S/C21H25N3O7S2/c1-15-3-5-17(33(28,29)23-7-9-31-10-8-23)12-18(15)22-21(25)14-32-13-16-4-6-20(30-2)19(11-16)24(26)27/h3-6,11-12H,7-10,13-14H2,1-2H3,(H,22,25). The molecule has 0 atom stereocenters. The number of nitro groups is 1. The summed E-state index contributed by atoms with van der Waals surface area (Å²) in [6.07, 6.45) is 0. The fourth-order valence-electron chi connectivity index (χ4n) is 3.25. The van der Waals surface area contributed by atoms with Gasteiger partial charge in [0.25, 0.3) is 0 Å². The quantitative estimate of drug-likeness (QED) is 0.415. The largest absolute Gasteiger partial charge is 0.490 e. The van der Waals surface area contributed by atoms with Crippen LogP contribution in [0.1, 0.15) is 11.1 Å². The van der Waals surface area contributed by atoms with Gasteiger partial charge in [0.1, 0.15) is 0 Å². The third-order valence-electron chi connectivity index (χ3n) is 5.03. The molecule has 1 aliphatic rings. The number of hydrogen-bond acceptors (Lipinski definition) is 8. The van der Waals surface area contributed by atoms with E-state index in [0.717, 1.165) is 5.56 Å². The lowest BCUT2D eigenvalue weighted by Gasteiger charge is -2.26.